The fourth-order valence-electron chi connectivity index (χ4n) is 3.52. The third-order valence-corrected chi connectivity index (χ3v) is 5.88. The average molecular weight is 357 g/mol. The Morgan fingerprint density at radius 2 is 1.96 bits per heavy atom. The lowest BCUT2D eigenvalue weighted by atomic mass is 9.95. The van der Waals surface area contributed by atoms with Gasteiger partial charge in [-0.2, -0.15) is 0 Å². The first-order valence-electron chi connectivity index (χ1n) is 8.35. The molecule has 1 aliphatic rings. The predicted octanol–water partition coefficient (Wildman–Crippen LogP) is 3.12. The Balaban J connectivity index is 2.05. The number of sulfone groups is 1. The summed E-state index contributed by atoms with van der Waals surface area (Å²) < 4.78 is 23.8. The van der Waals surface area contributed by atoms with Crippen LogP contribution in [0.5, 0.6) is 5.75 Å². The third kappa shape index (κ3) is 3.78. The molecule has 1 heterocycles. The number of fused-ring (bicyclic) bond motifs is 1. The maximum absolute atomic E-state index is 11.9. The van der Waals surface area contributed by atoms with Gasteiger partial charge in [0.25, 0.3) is 0 Å². The van der Waals surface area contributed by atoms with Gasteiger partial charge in [-0.25, -0.2) is 8.42 Å². The van der Waals surface area contributed by atoms with Crippen molar-refractivity contribution in [2.75, 3.05) is 19.3 Å². The summed E-state index contributed by atoms with van der Waals surface area (Å²) in [6.07, 6.45) is 4.49. The molecule has 25 heavy (non-hydrogen) atoms. The highest BCUT2D eigenvalue weighted by atomic mass is 32.2. The Labute approximate surface area is 149 Å². The van der Waals surface area contributed by atoms with Gasteiger partial charge in [0, 0.05) is 25.4 Å². The predicted molar refractivity (Wildman–Crippen MR) is 99.6 cm³/mol. The molecule has 5 heteroatoms. The van der Waals surface area contributed by atoms with Crippen LogP contribution in [0.15, 0.2) is 60.0 Å². The van der Waals surface area contributed by atoms with Gasteiger partial charge in [0.05, 0.1) is 0 Å². The van der Waals surface area contributed by atoms with E-state index in [0.717, 1.165) is 43.3 Å². The summed E-state index contributed by atoms with van der Waals surface area (Å²) in [5.74, 6) is -0.162. The Kier molecular flexibility index (Phi) is 4.97. The molecule has 2 aromatic carbocycles. The van der Waals surface area contributed by atoms with Crippen molar-refractivity contribution >= 4 is 9.84 Å². The normalized spacial score (nSPS) is 18.4. The van der Waals surface area contributed by atoms with Gasteiger partial charge >= 0.3 is 0 Å². The van der Waals surface area contributed by atoms with E-state index in [2.05, 4.69) is 23.6 Å². The quantitative estimate of drug-likeness (QED) is 0.854. The molecule has 0 spiro atoms. The topological polar surface area (TPSA) is 57.6 Å². The molecule has 1 unspecified atom stereocenters. The van der Waals surface area contributed by atoms with Crippen molar-refractivity contribution in [1.82, 2.24) is 4.90 Å². The van der Waals surface area contributed by atoms with E-state index in [1.165, 1.54) is 5.56 Å². The van der Waals surface area contributed by atoms with Crippen molar-refractivity contribution in [1.29, 1.82) is 0 Å². The number of hydrogen-bond acceptors (Lipinski definition) is 4. The Hall–Kier alpha value is -2.11. The molecular formula is C20H23NO3S. The standard InChI is InChI=1S/C20H23NO3S/c1-3-10-21-11-9-16-14-20(25(2,23)24)19(22)13-17(16)12-18(21)15-7-5-4-6-8-15/h3-8,13-14,18,22H,1,9-12H2,2H3. The van der Waals surface area contributed by atoms with Gasteiger partial charge in [-0.05, 0) is 41.7 Å². The molecule has 0 saturated heterocycles. The van der Waals surface area contributed by atoms with Crippen LogP contribution in [-0.4, -0.2) is 37.8 Å². The fraction of sp³-hybridized carbons (Fsp3) is 0.300. The zero-order valence-corrected chi connectivity index (χ0v) is 15.2. The monoisotopic (exact) mass is 357 g/mol. The van der Waals surface area contributed by atoms with E-state index in [-0.39, 0.29) is 16.7 Å². The Morgan fingerprint density at radius 1 is 1.24 bits per heavy atom. The summed E-state index contributed by atoms with van der Waals surface area (Å²) in [4.78, 5) is 2.36. The van der Waals surface area contributed by atoms with Gasteiger partial charge < -0.3 is 5.11 Å². The molecular weight excluding hydrogens is 334 g/mol. The van der Waals surface area contributed by atoms with Crippen LogP contribution in [0.25, 0.3) is 0 Å². The molecule has 0 amide bonds. The van der Waals surface area contributed by atoms with Crippen molar-refractivity contribution in [3.63, 3.8) is 0 Å². The molecule has 132 valence electrons. The van der Waals surface area contributed by atoms with Gasteiger partial charge in [-0.15, -0.1) is 6.58 Å². The van der Waals surface area contributed by atoms with Gasteiger partial charge in [-0.3, -0.25) is 4.90 Å². The van der Waals surface area contributed by atoms with Crippen molar-refractivity contribution in [2.24, 2.45) is 0 Å². The van der Waals surface area contributed by atoms with E-state index in [4.69, 9.17) is 0 Å². The second-order valence-corrected chi connectivity index (χ2v) is 8.51. The maximum Gasteiger partial charge on any atom is 0.179 e. The molecule has 4 nitrogen and oxygen atoms in total. The fourth-order valence-corrected chi connectivity index (χ4v) is 4.31. The Morgan fingerprint density at radius 3 is 2.60 bits per heavy atom. The number of benzene rings is 2. The average Bonchev–Trinajstić information content (AvgIpc) is 2.74. The zero-order chi connectivity index (χ0) is 18.0. The molecule has 0 radical (unpaired) electrons. The number of phenols is 1. The minimum Gasteiger partial charge on any atom is -0.507 e. The van der Waals surface area contributed by atoms with E-state index < -0.39 is 9.84 Å². The molecule has 0 saturated carbocycles. The molecule has 0 fully saturated rings. The van der Waals surface area contributed by atoms with Crippen LogP contribution in [-0.2, 0) is 22.7 Å². The lowest BCUT2D eigenvalue weighted by Gasteiger charge is -2.29. The number of rotatable bonds is 4. The molecule has 0 bridgehead atoms. The minimum atomic E-state index is -3.45. The van der Waals surface area contributed by atoms with Crippen LogP contribution >= 0.6 is 0 Å². The van der Waals surface area contributed by atoms with Crippen molar-refractivity contribution in [3.8, 4) is 5.75 Å². The number of phenolic OH excluding ortho intramolecular Hbond substituents is 1. The lowest BCUT2D eigenvalue weighted by molar-refractivity contribution is 0.227. The number of aromatic hydroxyl groups is 1. The first-order valence-corrected chi connectivity index (χ1v) is 10.2. The zero-order valence-electron chi connectivity index (χ0n) is 14.4. The highest BCUT2D eigenvalue weighted by Crippen LogP contribution is 2.34. The molecule has 0 aliphatic carbocycles. The van der Waals surface area contributed by atoms with Crippen LogP contribution in [0.3, 0.4) is 0 Å². The minimum absolute atomic E-state index is 0.0136. The van der Waals surface area contributed by atoms with E-state index in [1.54, 1.807) is 12.1 Å². The van der Waals surface area contributed by atoms with Crippen LogP contribution in [0, 0.1) is 0 Å². The van der Waals surface area contributed by atoms with Crippen LogP contribution < -0.4 is 0 Å². The number of hydrogen-bond donors (Lipinski definition) is 1. The van der Waals surface area contributed by atoms with Crippen LogP contribution in [0.4, 0.5) is 0 Å². The Bertz CT molecular complexity index is 875. The second kappa shape index (κ2) is 7.02. The first-order chi connectivity index (χ1) is 11.9. The summed E-state index contributed by atoms with van der Waals surface area (Å²) in [6, 6.07) is 13.7. The smallest absolute Gasteiger partial charge is 0.179 e. The van der Waals surface area contributed by atoms with Gasteiger partial charge in [0.1, 0.15) is 10.6 Å². The molecule has 1 aliphatic heterocycles. The van der Waals surface area contributed by atoms with Crippen LogP contribution in [0.1, 0.15) is 22.7 Å². The van der Waals surface area contributed by atoms with Gasteiger partial charge in [0.15, 0.2) is 9.84 Å². The molecule has 1 atom stereocenters. The second-order valence-electron chi connectivity index (χ2n) is 6.53. The van der Waals surface area contributed by atoms with Crippen molar-refractivity contribution < 1.29 is 13.5 Å². The summed E-state index contributed by atoms with van der Waals surface area (Å²) >= 11 is 0. The lowest BCUT2D eigenvalue weighted by Crippen LogP contribution is -2.30. The highest BCUT2D eigenvalue weighted by molar-refractivity contribution is 7.90. The summed E-state index contributed by atoms with van der Waals surface area (Å²) in [6.45, 7) is 5.44. The third-order valence-electron chi connectivity index (χ3n) is 4.75. The van der Waals surface area contributed by atoms with E-state index in [0.29, 0.717) is 0 Å². The highest BCUT2D eigenvalue weighted by Gasteiger charge is 2.26. The van der Waals surface area contributed by atoms with Crippen molar-refractivity contribution in [2.45, 2.75) is 23.8 Å². The van der Waals surface area contributed by atoms with Gasteiger partial charge in [-0.1, -0.05) is 36.4 Å². The SMILES string of the molecule is C=CCN1CCc2cc(S(C)(=O)=O)c(O)cc2CC1c1ccccc1. The summed E-state index contributed by atoms with van der Waals surface area (Å²) in [5, 5.41) is 10.2. The molecule has 1 N–H and O–H groups in total. The maximum atomic E-state index is 11.9. The van der Waals surface area contributed by atoms with E-state index in [1.807, 2.05) is 24.3 Å². The van der Waals surface area contributed by atoms with Crippen molar-refractivity contribution in [3.05, 3.63) is 71.8 Å². The molecule has 2 aromatic rings. The first kappa shape index (κ1) is 17.7. The molecule has 0 aromatic heterocycles. The summed E-state index contributed by atoms with van der Waals surface area (Å²) in [7, 11) is -3.45. The van der Waals surface area contributed by atoms with Gasteiger partial charge in [0.2, 0.25) is 0 Å². The largest absolute Gasteiger partial charge is 0.507 e. The molecule has 3 rings (SSSR count). The van der Waals surface area contributed by atoms with E-state index >= 15 is 0 Å². The number of nitrogens with zero attached hydrogens (tertiary/aromatic N) is 1. The van der Waals surface area contributed by atoms with E-state index in [9.17, 15) is 13.5 Å². The summed E-state index contributed by atoms with van der Waals surface area (Å²) in [5.41, 5.74) is 3.21. The van der Waals surface area contributed by atoms with Crippen LogP contribution in [0.2, 0.25) is 0 Å².